The molecule has 0 bridgehead atoms. The standard InChI is InChI=1S/C16H18N2O/c1-10-8-12(6-7-17-10)11-4-5-13-14(9-11)18-15(19)16(13,2)3/h4,6-9,13H,5H2,1-3H3,(H,18,19). The van der Waals surface area contributed by atoms with Crippen molar-refractivity contribution >= 4 is 11.5 Å². The first-order valence-corrected chi connectivity index (χ1v) is 6.65. The number of carbonyl (C=O) groups excluding carboxylic acids is 1. The molecule has 3 heteroatoms. The van der Waals surface area contributed by atoms with Gasteiger partial charge >= 0.3 is 0 Å². The Morgan fingerprint density at radius 2 is 2.21 bits per heavy atom. The van der Waals surface area contributed by atoms with E-state index in [0.29, 0.717) is 0 Å². The molecule has 1 aliphatic heterocycles. The molecule has 1 fully saturated rings. The molecule has 3 nitrogen and oxygen atoms in total. The fraction of sp³-hybridized carbons (Fsp3) is 0.375. The van der Waals surface area contributed by atoms with E-state index in [4.69, 9.17) is 0 Å². The molecule has 98 valence electrons. The van der Waals surface area contributed by atoms with Gasteiger partial charge in [0.25, 0.3) is 0 Å². The van der Waals surface area contributed by atoms with E-state index in [1.807, 2.05) is 33.0 Å². The van der Waals surface area contributed by atoms with Gasteiger partial charge in [-0.25, -0.2) is 0 Å². The summed E-state index contributed by atoms with van der Waals surface area (Å²) in [6, 6.07) is 4.09. The average Bonchev–Trinajstić information content (AvgIpc) is 2.60. The lowest BCUT2D eigenvalue weighted by Crippen LogP contribution is -2.28. The minimum absolute atomic E-state index is 0.129. The lowest BCUT2D eigenvalue weighted by atomic mass is 9.75. The van der Waals surface area contributed by atoms with Crippen LogP contribution in [0.5, 0.6) is 0 Å². The van der Waals surface area contributed by atoms with E-state index >= 15 is 0 Å². The summed E-state index contributed by atoms with van der Waals surface area (Å²) >= 11 is 0. The Labute approximate surface area is 113 Å². The number of fused-ring (bicyclic) bond motifs is 1. The van der Waals surface area contributed by atoms with Crippen LogP contribution in [0.4, 0.5) is 0 Å². The third-order valence-electron chi connectivity index (χ3n) is 4.20. The van der Waals surface area contributed by atoms with Gasteiger partial charge in [0.05, 0.1) is 5.41 Å². The zero-order chi connectivity index (χ0) is 13.6. The molecule has 1 saturated heterocycles. The summed E-state index contributed by atoms with van der Waals surface area (Å²) in [5, 5.41) is 3.03. The molecule has 3 rings (SSSR count). The molecule has 1 aromatic rings. The van der Waals surface area contributed by atoms with Crippen molar-refractivity contribution in [3.8, 4) is 0 Å². The second-order valence-corrected chi connectivity index (χ2v) is 5.91. The normalized spacial score (nSPS) is 24.4. The number of pyridine rings is 1. The molecular weight excluding hydrogens is 236 g/mol. The Morgan fingerprint density at radius 3 is 2.95 bits per heavy atom. The van der Waals surface area contributed by atoms with E-state index in [1.165, 1.54) is 5.57 Å². The van der Waals surface area contributed by atoms with E-state index in [2.05, 4.69) is 28.5 Å². The predicted octanol–water partition coefficient (Wildman–Crippen LogP) is 2.83. The SMILES string of the molecule is Cc1cc(C2=CCC3C(=C2)NC(=O)C3(C)C)ccn1. The minimum atomic E-state index is -0.304. The van der Waals surface area contributed by atoms with Gasteiger partial charge in [-0.1, -0.05) is 19.9 Å². The summed E-state index contributed by atoms with van der Waals surface area (Å²) < 4.78 is 0. The molecule has 2 heterocycles. The minimum Gasteiger partial charge on any atom is -0.329 e. The molecule has 1 amide bonds. The Bertz CT molecular complexity index is 611. The summed E-state index contributed by atoms with van der Waals surface area (Å²) in [7, 11) is 0. The van der Waals surface area contributed by atoms with Crippen molar-refractivity contribution in [1.82, 2.24) is 10.3 Å². The molecule has 1 unspecified atom stereocenters. The van der Waals surface area contributed by atoms with E-state index in [-0.39, 0.29) is 17.2 Å². The molecule has 1 N–H and O–H groups in total. The van der Waals surface area contributed by atoms with Crippen LogP contribution < -0.4 is 5.32 Å². The molecular formula is C16H18N2O. The number of nitrogens with zero attached hydrogens (tertiary/aromatic N) is 1. The third kappa shape index (κ3) is 1.89. The van der Waals surface area contributed by atoms with Crippen LogP contribution in [0.2, 0.25) is 0 Å². The van der Waals surface area contributed by atoms with Crippen LogP contribution in [0.15, 0.2) is 36.2 Å². The second kappa shape index (κ2) is 4.05. The highest BCUT2D eigenvalue weighted by Crippen LogP contribution is 2.43. The summed E-state index contributed by atoms with van der Waals surface area (Å²) in [6.45, 7) is 6.02. The summed E-state index contributed by atoms with van der Waals surface area (Å²) in [5.74, 6) is 0.413. The molecule has 1 aliphatic carbocycles. The molecule has 2 aliphatic rings. The van der Waals surface area contributed by atoms with Gasteiger partial charge in [0.15, 0.2) is 0 Å². The third-order valence-corrected chi connectivity index (χ3v) is 4.20. The van der Waals surface area contributed by atoms with Gasteiger partial charge in [-0.3, -0.25) is 9.78 Å². The number of amides is 1. The van der Waals surface area contributed by atoms with Crippen molar-refractivity contribution < 1.29 is 4.79 Å². The van der Waals surface area contributed by atoms with Crippen LogP contribution in [0.25, 0.3) is 5.57 Å². The summed E-state index contributed by atoms with van der Waals surface area (Å²) in [5.41, 5.74) is 4.10. The fourth-order valence-electron chi connectivity index (χ4n) is 2.88. The predicted molar refractivity (Wildman–Crippen MR) is 75.1 cm³/mol. The maximum atomic E-state index is 12.0. The highest BCUT2D eigenvalue weighted by molar-refractivity contribution is 5.90. The van der Waals surface area contributed by atoms with Gasteiger partial charge in [-0.05, 0) is 42.7 Å². The van der Waals surface area contributed by atoms with Crippen molar-refractivity contribution in [2.75, 3.05) is 0 Å². The lowest BCUT2D eigenvalue weighted by molar-refractivity contribution is -0.127. The van der Waals surface area contributed by atoms with Crippen molar-refractivity contribution in [2.24, 2.45) is 11.3 Å². The molecule has 0 saturated carbocycles. The van der Waals surface area contributed by atoms with Gasteiger partial charge in [0.1, 0.15) is 0 Å². The number of aryl methyl sites for hydroxylation is 1. The van der Waals surface area contributed by atoms with Crippen LogP contribution in [0, 0.1) is 18.3 Å². The molecule has 1 atom stereocenters. The van der Waals surface area contributed by atoms with E-state index in [9.17, 15) is 4.79 Å². The van der Waals surface area contributed by atoms with Gasteiger partial charge in [0, 0.05) is 23.5 Å². The maximum absolute atomic E-state index is 12.0. The second-order valence-electron chi connectivity index (χ2n) is 5.91. The van der Waals surface area contributed by atoms with Crippen LogP contribution in [-0.2, 0) is 4.79 Å². The first-order chi connectivity index (χ1) is 8.98. The highest BCUT2D eigenvalue weighted by Gasteiger charge is 2.45. The first kappa shape index (κ1) is 12.2. The average molecular weight is 254 g/mol. The smallest absolute Gasteiger partial charge is 0.230 e. The van der Waals surface area contributed by atoms with Crippen molar-refractivity contribution in [3.63, 3.8) is 0 Å². The number of carbonyl (C=O) groups is 1. The highest BCUT2D eigenvalue weighted by atomic mass is 16.2. The Kier molecular flexibility index (Phi) is 2.59. The molecule has 0 radical (unpaired) electrons. The van der Waals surface area contributed by atoms with E-state index in [0.717, 1.165) is 23.4 Å². The topological polar surface area (TPSA) is 42.0 Å². The van der Waals surface area contributed by atoms with Crippen LogP contribution in [-0.4, -0.2) is 10.9 Å². The molecule has 1 aromatic heterocycles. The van der Waals surface area contributed by atoms with Crippen molar-refractivity contribution in [1.29, 1.82) is 0 Å². The zero-order valence-corrected chi connectivity index (χ0v) is 11.5. The molecule has 19 heavy (non-hydrogen) atoms. The van der Waals surface area contributed by atoms with Crippen LogP contribution >= 0.6 is 0 Å². The maximum Gasteiger partial charge on any atom is 0.230 e. The summed E-state index contributed by atoms with van der Waals surface area (Å²) in [4.78, 5) is 16.2. The number of nitrogens with one attached hydrogen (secondary N) is 1. The van der Waals surface area contributed by atoms with Crippen LogP contribution in [0.1, 0.15) is 31.5 Å². The number of hydrogen-bond donors (Lipinski definition) is 1. The van der Waals surface area contributed by atoms with E-state index < -0.39 is 0 Å². The lowest BCUT2D eigenvalue weighted by Gasteiger charge is -2.25. The van der Waals surface area contributed by atoms with Gasteiger partial charge in [-0.15, -0.1) is 0 Å². The molecule has 0 spiro atoms. The summed E-state index contributed by atoms with van der Waals surface area (Å²) in [6.07, 6.45) is 7.07. The fourth-order valence-corrected chi connectivity index (χ4v) is 2.88. The number of hydrogen-bond acceptors (Lipinski definition) is 2. The Hall–Kier alpha value is -1.90. The number of aromatic nitrogens is 1. The van der Waals surface area contributed by atoms with Crippen molar-refractivity contribution in [3.05, 3.63) is 47.4 Å². The largest absolute Gasteiger partial charge is 0.329 e. The number of rotatable bonds is 1. The Balaban J connectivity index is 1.96. The van der Waals surface area contributed by atoms with Gasteiger partial charge < -0.3 is 5.32 Å². The van der Waals surface area contributed by atoms with Crippen LogP contribution in [0.3, 0.4) is 0 Å². The van der Waals surface area contributed by atoms with Crippen molar-refractivity contribution in [2.45, 2.75) is 27.2 Å². The number of allylic oxidation sites excluding steroid dienone is 4. The van der Waals surface area contributed by atoms with Gasteiger partial charge in [0.2, 0.25) is 5.91 Å². The molecule has 0 aromatic carbocycles. The first-order valence-electron chi connectivity index (χ1n) is 6.65. The Morgan fingerprint density at radius 1 is 1.42 bits per heavy atom. The monoisotopic (exact) mass is 254 g/mol. The van der Waals surface area contributed by atoms with E-state index in [1.54, 1.807) is 0 Å². The van der Waals surface area contributed by atoms with Gasteiger partial charge in [-0.2, -0.15) is 0 Å². The quantitative estimate of drug-likeness (QED) is 0.837. The zero-order valence-electron chi connectivity index (χ0n) is 11.5.